The van der Waals surface area contributed by atoms with E-state index < -0.39 is 0 Å². The molecule has 1 fully saturated rings. The molecule has 0 atom stereocenters. The van der Waals surface area contributed by atoms with Gasteiger partial charge >= 0.3 is 0 Å². The number of nitrogens with zero attached hydrogens (tertiary/aromatic N) is 1. The lowest BCUT2D eigenvalue weighted by molar-refractivity contribution is 0.636. The normalized spacial score (nSPS) is 16.1. The zero-order valence-corrected chi connectivity index (χ0v) is 8.09. The highest BCUT2D eigenvalue weighted by Gasteiger charge is 2.20. The van der Waals surface area contributed by atoms with Crippen molar-refractivity contribution in [2.24, 2.45) is 5.92 Å². The number of pyridine rings is 1. The summed E-state index contributed by atoms with van der Waals surface area (Å²) in [4.78, 5) is 4.07. The first-order chi connectivity index (χ1) is 6.36. The monoisotopic (exact) mass is 176 g/mol. The molecular formula is C11H16N2. The first-order valence-electron chi connectivity index (χ1n) is 4.96. The van der Waals surface area contributed by atoms with Crippen LogP contribution in [0, 0.1) is 12.8 Å². The maximum Gasteiger partial charge on any atom is 0.0300 e. The van der Waals surface area contributed by atoms with E-state index in [1.807, 2.05) is 12.4 Å². The van der Waals surface area contributed by atoms with E-state index in [0.29, 0.717) is 0 Å². The molecule has 1 aromatic rings. The van der Waals surface area contributed by atoms with E-state index in [4.69, 9.17) is 0 Å². The van der Waals surface area contributed by atoms with Gasteiger partial charge in [-0.05, 0) is 49.4 Å². The lowest BCUT2D eigenvalue weighted by Gasteiger charge is -2.05. The summed E-state index contributed by atoms with van der Waals surface area (Å²) >= 11 is 0. The smallest absolute Gasteiger partial charge is 0.0300 e. The Labute approximate surface area is 79.4 Å². The molecule has 2 rings (SSSR count). The van der Waals surface area contributed by atoms with Crippen LogP contribution in [0.2, 0.25) is 0 Å². The molecule has 70 valence electrons. The molecule has 1 aliphatic carbocycles. The van der Waals surface area contributed by atoms with Crippen molar-refractivity contribution in [1.82, 2.24) is 10.3 Å². The largest absolute Gasteiger partial charge is 0.312 e. The minimum absolute atomic E-state index is 0.960. The summed E-state index contributed by atoms with van der Waals surface area (Å²) in [5, 5.41) is 3.48. The van der Waals surface area contributed by atoms with Gasteiger partial charge in [-0.3, -0.25) is 4.98 Å². The number of nitrogens with one attached hydrogen (secondary N) is 1. The minimum atomic E-state index is 0.960. The first kappa shape index (κ1) is 8.70. The summed E-state index contributed by atoms with van der Waals surface area (Å²) < 4.78 is 0. The highest BCUT2D eigenvalue weighted by Crippen LogP contribution is 2.27. The second-order valence-electron chi connectivity index (χ2n) is 3.88. The zero-order valence-electron chi connectivity index (χ0n) is 8.09. The van der Waals surface area contributed by atoms with E-state index in [9.17, 15) is 0 Å². The third-order valence-corrected chi connectivity index (χ3v) is 2.58. The van der Waals surface area contributed by atoms with Crippen molar-refractivity contribution in [1.29, 1.82) is 0 Å². The van der Waals surface area contributed by atoms with E-state index in [2.05, 4.69) is 23.3 Å². The molecular weight excluding hydrogens is 160 g/mol. The van der Waals surface area contributed by atoms with Crippen LogP contribution in [0.5, 0.6) is 0 Å². The number of aryl methyl sites for hydroxylation is 1. The van der Waals surface area contributed by atoms with E-state index in [1.54, 1.807) is 0 Å². The van der Waals surface area contributed by atoms with Gasteiger partial charge in [0.15, 0.2) is 0 Å². The van der Waals surface area contributed by atoms with Gasteiger partial charge in [0.2, 0.25) is 0 Å². The molecule has 0 amide bonds. The summed E-state index contributed by atoms with van der Waals surface area (Å²) in [5.74, 6) is 0.960. The van der Waals surface area contributed by atoms with Gasteiger partial charge in [-0.25, -0.2) is 0 Å². The second-order valence-corrected chi connectivity index (χ2v) is 3.88. The van der Waals surface area contributed by atoms with Crippen LogP contribution in [0.15, 0.2) is 18.5 Å². The Morgan fingerprint density at radius 1 is 1.54 bits per heavy atom. The van der Waals surface area contributed by atoms with Gasteiger partial charge < -0.3 is 5.32 Å². The topological polar surface area (TPSA) is 24.9 Å². The van der Waals surface area contributed by atoms with Gasteiger partial charge in [-0.15, -0.1) is 0 Å². The van der Waals surface area contributed by atoms with Crippen molar-refractivity contribution < 1.29 is 0 Å². The molecule has 1 aromatic heterocycles. The third-order valence-electron chi connectivity index (χ3n) is 2.58. The Bertz CT molecular complexity index is 279. The fraction of sp³-hybridized carbons (Fsp3) is 0.545. The number of hydrogen-bond acceptors (Lipinski definition) is 2. The highest BCUT2D eigenvalue weighted by atomic mass is 14.9. The number of hydrogen-bond donors (Lipinski definition) is 1. The summed E-state index contributed by atoms with van der Waals surface area (Å²) in [6, 6.07) is 2.09. The molecule has 0 aliphatic heterocycles. The lowest BCUT2D eigenvalue weighted by Crippen LogP contribution is -2.16. The van der Waals surface area contributed by atoms with Crippen LogP contribution in [0.25, 0.3) is 0 Å². The van der Waals surface area contributed by atoms with E-state index in [1.165, 1.54) is 30.5 Å². The average Bonchev–Trinajstić information content (AvgIpc) is 2.92. The van der Waals surface area contributed by atoms with Crippen molar-refractivity contribution in [2.45, 2.75) is 26.3 Å². The van der Waals surface area contributed by atoms with Crippen LogP contribution >= 0.6 is 0 Å². The zero-order chi connectivity index (χ0) is 9.10. The first-order valence-corrected chi connectivity index (χ1v) is 4.96. The van der Waals surface area contributed by atoms with Crippen molar-refractivity contribution in [3.8, 4) is 0 Å². The van der Waals surface area contributed by atoms with E-state index >= 15 is 0 Å². The predicted octanol–water partition coefficient (Wildman–Crippen LogP) is 1.89. The van der Waals surface area contributed by atoms with Gasteiger partial charge in [0.05, 0.1) is 0 Å². The van der Waals surface area contributed by atoms with E-state index in [0.717, 1.165) is 12.5 Å². The highest BCUT2D eigenvalue weighted by molar-refractivity contribution is 5.21. The maximum atomic E-state index is 4.07. The Hall–Kier alpha value is -0.890. The second kappa shape index (κ2) is 3.88. The Kier molecular flexibility index (Phi) is 2.60. The van der Waals surface area contributed by atoms with Crippen molar-refractivity contribution in [3.05, 3.63) is 29.6 Å². The molecule has 2 heteroatoms. The van der Waals surface area contributed by atoms with Crippen LogP contribution in [0.1, 0.15) is 24.0 Å². The summed E-state index contributed by atoms with van der Waals surface area (Å²) in [5.41, 5.74) is 2.65. The molecule has 1 heterocycles. The quantitative estimate of drug-likeness (QED) is 0.757. The fourth-order valence-corrected chi connectivity index (χ4v) is 1.43. The van der Waals surface area contributed by atoms with Crippen molar-refractivity contribution in [2.75, 3.05) is 6.54 Å². The molecule has 0 unspecified atom stereocenters. The summed E-state index contributed by atoms with van der Waals surface area (Å²) in [7, 11) is 0. The van der Waals surface area contributed by atoms with Gasteiger partial charge in [-0.1, -0.05) is 0 Å². The molecule has 1 aliphatic rings. The molecule has 0 spiro atoms. The summed E-state index contributed by atoms with van der Waals surface area (Å²) in [6.07, 6.45) is 6.62. The van der Waals surface area contributed by atoms with Crippen LogP contribution in [0.3, 0.4) is 0 Å². The molecule has 13 heavy (non-hydrogen) atoms. The molecule has 0 saturated heterocycles. The van der Waals surface area contributed by atoms with Crippen LogP contribution in [-0.4, -0.2) is 11.5 Å². The Morgan fingerprint density at radius 3 is 3.08 bits per heavy atom. The van der Waals surface area contributed by atoms with Gasteiger partial charge in [0.1, 0.15) is 0 Å². The van der Waals surface area contributed by atoms with Crippen LogP contribution in [-0.2, 0) is 6.54 Å². The molecule has 1 N–H and O–H groups in total. The molecule has 2 nitrogen and oxygen atoms in total. The van der Waals surface area contributed by atoms with Crippen molar-refractivity contribution >= 4 is 0 Å². The van der Waals surface area contributed by atoms with Crippen LogP contribution in [0.4, 0.5) is 0 Å². The van der Waals surface area contributed by atoms with Crippen LogP contribution < -0.4 is 5.32 Å². The summed E-state index contributed by atoms with van der Waals surface area (Å²) in [6.45, 7) is 4.29. The van der Waals surface area contributed by atoms with Gasteiger partial charge in [0.25, 0.3) is 0 Å². The fourth-order valence-electron chi connectivity index (χ4n) is 1.43. The Morgan fingerprint density at radius 2 is 2.38 bits per heavy atom. The SMILES string of the molecule is Cc1cnccc1CNCC1CC1. The molecule has 0 radical (unpaired) electrons. The standard InChI is InChI=1S/C11H16N2/c1-9-6-12-5-4-11(9)8-13-7-10-2-3-10/h4-6,10,13H,2-3,7-8H2,1H3. The van der Waals surface area contributed by atoms with Gasteiger partial charge in [-0.2, -0.15) is 0 Å². The van der Waals surface area contributed by atoms with E-state index in [-0.39, 0.29) is 0 Å². The lowest BCUT2D eigenvalue weighted by atomic mass is 10.1. The minimum Gasteiger partial charge on any atom is -0.312 e. The average molecular weight is 176 g/mol. The maximum absolute atomic E-state index is 4.07. The third kappa shape index (κ3) is 2.52. The molecule has 0 aromatic carbocycles. The number of aromatic nitrogens is 1. The molecule has 1 saturated carbocycles. The number of rotatable bonds is 4. The molecule has 0 bridgehead atoms. The van der Waals surface area contributed by atoms with Crippen molar-refractivity contribution in [3.63, 3.8) is 0 Å². The Balaban J connectivity index is 1.82. The predicted molar refractivity (Wildman–Crippen MR) is 53.4 cm³/mol. The van der Waals surface area contributed by atoms with Gasteiger partial charge in [0, 0.05) is 18.9 Å².